The summed E-state index contributed by atoms with van der Waals surface area (Å²) in [5, 5.41) is 8.81. The van der Waals surface area contributed by atoms with Crippen LogP contribution in [-0.4, -0.2) is 72.7 Å². The quantitative estimate of drug-likeness (QED) is 0.807. The summed E-state index contributed by atoms with van der Waals surface area (Å²) in [5.74, 6) is -1.43. The number of ether oxygens (including phenoxy) is 1. The molecule has 2 atom stereocenters. The highest BCUT2D eigenvalue weighted by atomic mass is 19.1. The van der Waals surface area contributed by atoms with E-state index in [9.17, 15) is 14.0 Å². The van der Waals surface area contributed by atoms with Crippen LogP contribution in [0, 0.1) is 5.82 Å². The van der Waals surface area contributed by atoms with Crippen molar-refractivity contribution in [3.8, 4) is 0 Å². The van der Waals surface area contributed by atoms with Crippen LogP contribution < -0.4 is 0 Å². The van der Waals surface area contributed by atoms with Gasteiger partial charge in [0.2, 0.25) is 5.91 Å². The predicted molar refractivity (Wildman–Crippen MR) is 90.9 cm³/mol. The molecule has 1 aliphatic rings. The Bertz CT molecular complexity index is 610. The number of likely N-dealkylation sites (N-methyl/N-ethyl adjacent to an activating group) is 1. The molecule has 1 aromatic carbocycles. The van der Waals surface area contributed by atoms with Gasteiger partial charge >= 0.3 is 5.97 Å². The number of rotatable bonds is 7. The lowest BCUT2D eigenvalue weighted by Crippen LogP contribution is -2.49. The predicted octanol–water partition coefficient (Wildman–Crippen LogP) is 1.56. The van der Waals surface area contributed by atoms with Gasteiger partial charge in [0.25, 0.3) is 0 Å². The number of nitrogens with zero attached hydrogens (tertiary/aromatic N) is 2. The molecule has 1 heterocycles. The second-order valence-electron chi connectivity index (χ2n) is 6.55. The number of carbonyl (C=O) groups is 2. The van der Waals surface area contributed by atoms with Crippen LogP contribution in [0.5, 0.6) is 0 Å². The minimum Gasteiger partial charge on any atom is -0.480 e. The van der Waals surface area contributed by atoms with Crippen molar-refractivity contribution < 1.29 is 23.8 Å². The van der Waals surface area contributed by atoms with E-state index in [-0.39, 0.29) is 36.7 Å². The molecule has 0 aliphatic carbocycles. The monoisotopic (exact) mass is 352 g/mol. The summed E-state index contributed by atoms with van der Waals surface area (Å²) in [6.45, 7) is 3.56. The lowest BCUT2D eigenvalue weighted by Gasteiger charge is -2.35. The second kappa shape index (κ2) is 8.92. The normalized spacial score (nSPS) is 19.0. The molecule has 7 heteroatoms. The van der Waals surface area contributed by atoms with Gasteiger partial charge < -0.3 is 14.7 Å². The van der Waals surface area contributed by atoms with E-state index in [1.54, 1.807) is 35.0 Å². The summed E-state index contributed by atoms with van der Waals surface area (Å²) >= 11 is 0. The summed E-state index contributed by atoms with van der Waals surface area (Å²) in [6, 6.07) is 6.51. The Balaban J connectivity index is 1.88. The summed E-state index contributed by atoms with van der Waals surface area (Å²) < 4.78 is 19.5. The van der Waals surface area contributed by atoms with Crippen LogP contribution in [-0.2, 0) is 14.3 Å². The van der Waals surface area contributed by atoms with Gasteiger partial charge in [0.15, 0.2) is 0 Å². The molecular formula is C18H25FN2O4. The number of amides is 1. The van der Waals surface area contributed by atoms with E-state index in [2.05, 4.69) is 0 Å². The number of hydrogen-bond acceptors (Lipinski definition) is 4. The van der Waals surface area contributed by atoms with E-state index in [4.69, 9.17) is 9.84 Å². The zero-order valence-electron chi connectivity index (χ0n) is 14.7. The van der Waals surface area contributed by atoms with E-state index < -0.39 is 5.97 Å². The van der Waals surface area contributed by atoms with Crippen LogP contribution in [0.4, 0.5) is 4.39 Å². The SMILES string of the molecule is CC(CC(=O)N1CCOC(CN(C)CC(=O)O)C1)c1ccccc1F. The first-order chi connectivity index (χ1) is 11.9. The molecule has 1 fully saturated rings. The van der Waals surface area contributed by atoms with Crippen LogP contribution >= 0.6 is 0 Å². The molecular weight excluding hydrogens is 327 g/mol. The van der Waals surface area contributed by atoms with Gasteiger partial charge in [0.1, 0.15) is 5.82 Å². The molecule has 0 saturated carbocycles. The molecule has 2 unspecified atom stereocenters. The van der Waals surface area contributed by atoms with E-state index in [1.807, 2.05) is 6.92 Å². The average Bonchev–Trinajstić information content (AvgIpc) is 2.54. The Morgan fingerprint density at radius 3 is 2.84 bits per heavy atom. The van der Waals surface area contributed by atoms with Crippen molar-refractivity contribution in [3.63, 3.8) is 0 Å². The van der Waals surface area contributed by atoms with Crippen LogP contribution in [0.1, 0.15) is 24.8 Å². The highest BCUT2D eigenvalue weighted by Gasteiger charge is 2.27. The number of aliphatic carboxylic acids is 1. The summed E-state index contributed by atoms with van der Waals surface area (Å²) in [4.78, 5) is 26.7. The molecule has 0 bridgehead atoms. The number of hydrogen-bond donors (Lipinski definition) is 1. The molecule has 1 amide bonds. The topological polar surface area (TPSA) is 70.1 Å². The van der Waals surface area contributed by atoms with Gasteiger partial charge in [0, 0.05) is 26.1 Å². The molecule has 138 valence electrons. The smallest absolute Gasteiger partial charge is 0.317 e. The Morgan fingerprint density at radius 1 is 1.44 bits per heavy atom. The van der Waals surface area contributed by atoms with Gasteiger partial charge in [-0.25, -0.2) is 4.39 Å². The van der Waals surface area contributed by atoms with Gasteiger partial charge in [-0.15, -0.1) is 0 Å². The van der Waals surface area contributed by atoms with Gasteiger partial charge in [0.05, 0.1) is 19.3 Å². The average molecular weight is 352 g/mol. The van der Waals surface area contributed by atoms with Crippen molar-refractivity contribution in [1.29, 1.82) is 0 Å². The fourth-order valence-electron chi connectivity index (χ4n) is 3.08. The second-order valence-corrected chi connectivity index (χ2v) is 6.55. The Labute approximate surface area is 147 Å². The third-order valence-corrected chi connectivity index (χ3v) is 4.33. The molecule has 1 N–H and O–H groups in total. The fraction of sp³-hybridized carbons (Fsp3) is 0.556. The standard InChI is InChI=1S/C18H25FN2O4/c1-13(15-5-3-4-6-16(15)19)9-17(22)21-7-8-25-14(11-21)10-20(2)12-18(23)24/h3-6,13-14H,7-12H2,1-2H3,(H,23,24). The number of halogens is 1. The van der Waals surface area contributed by atoms with E-state index in [1.165, 1.54) is 6.07 Å². The molecule has 0 radical (unpaired) electrons. The minimum absolute atomic E-state index is 0.0371. The molecule has 25 heavy (non-hydrogen) atoms. The summed E-state index contributed by atoms with van der Waals surface area (Å²) in [6.07, 6.45) is 0.0179. The van der Waals surface area contributed by atoms with Crippen molar-refractivity contribution in [3.05, 3.63) is 35.6 Å². The maximum absolute atomic E-state index is 13.8. The lowest BCUT2D eigenvalue weighted by atomic mass is 9.96. The number of carboxylic acid groups (broad SMARTS) is 1. The summed E-state index contributed by atoms with van der Waals surface area (Å²) in [5.41, 5.74) is 0.543. The van der Waals surface area contributed by atoms with Gasteiger partial charge in [-0.2, -0.15) is 0 Å². The highest BCUT2D eigenvalue weighted by Crippen LogP contribution is 2.23. The molecule has 1 saturated heterocycles. The Kier molecular flexibility index (Phi) is 6.90. The van der Waals surface area contributed by atoms with E-state index in [0.717, 1.165) is 0 Å². The Morgan fingerprint density at radius 2 is 2.16 bits per heavy atom. The molecule has 1 aliphatic heterocycles. The van der Waals surface area contributed by atoms with Gasteiger partial charge in [-0.1, -0.05) is 25.1 Å². The van der Waals surface area contributed by atoms with Crippen LogP contribution in [0.3, 0.4) is 0 Å². The van der Waals surface area contributed by atoms with Crippen molar-refractivity contribution >= 4 is 11.9 Å². The van der Waals surface area contributed by atoms with Crippen LogP contribution in [0.15, 0.2) is 24.3 Å². The van der Waals surface area contributed by atoms with Gasteiger partial charge in [-0.3, -0.25) is 14.5 Å². The maximum atomic E-state index is 13.8. The first-order valence-corrected chi connectivity index (χ1v) is 8.41. The van der Waals surface area contributed by atoms with Crippen molar-refractivity contribution in [1.82, 2.24) is 9.80 Å². The Hall–Kier alpha value is -1.99. The number of morpholine rings is 1. The minimum atomic E-state index is -0.898. The summed E-state index contributed by atoms with van der Waals surface area (Å²) in [7, 11) is 1.71. The largest absolute Gasteiger partial charge is 0.480 e. The highest BCUT2D eigenvalue weighted by molar-refractivity contribution is 5.77. The third kappa shape index (κ3) is 5.79. The lowest BCUT2D eigenvalue weighted by molar-refractivity contribution is -0.142. The third-order valence-electron chi connectivity index (χ3n) is 4.33. The zero-order chi connectivity index (χ0) is 18.4. The van der Waals surface area contributed by atoms with Gasteiger partial charge in [-0.05, 0) is 24.6 Å². The number of benzene rings is 1. The number of carbonyl (C=O) groups excluding carboxylic acids is 1. The molecule has 0 aromatic heterocycles. The fourth-order valence-corrected chi connectivity index (χ4v) is 3.08. The number of carboxylic acids is 1. The maximum Gasteiger partial charge on any atom is 0.317 e. The van der Waals surface area contributed by atoms with E-state index >= 15 is 0 Å². The van der Waals surface area contributed by atoms with E-state index in [0.29, 0.717) is 31.8 Å². The molecule has 6 nitrogen and oxygen atoms in total. The molecule has 1 aromatic rings. The zero-order valence-corrected chi connectivity index (χ0v) is 14.7. The molecule has 2 rings (SSSR count). The van der Waals surface area contributed by atoms with Crippen molar-refractivity contribution in [2.75, 3.05) is 39.8 Å². The van der Waals surface area contributed by atoms with Crippen LogP contribution in [0.2, 0.25) is 0 Å². The van der Waals surface area contributed by atoms with Crippen LogP contribution in [0.25, 0.3) is 0 Å². The first-order valence-electron chi connectivity index (χ1n) is 8.41. The van der Waals surface area contributed by atoms with Crippen molar-refractivity contribution in [2.24, 2.45) is 0 Å². The first kappa shape index (κ1) is 19.3. The molecule has 0 spiro atoms. The van der Waals surface area contributed by atoms with Crippen molar-refractivity contribution in [2.45, 2.75) is 25.4 Å².